The van der Waals surface area contributed by atoms with Crippen molar-refractivity contribution in [2.45, 2.75) is 45.8 Å². The highest BCUT2D eigenvalue weighted by Gasteiger charge is 2.27. The fourth-order valence-electron chi connectivity index (χ4n) is 3.66. The van der Waals surface area contributed by atoms with E-state index in [1.54, 1.807) is 13.1 Å². The summed E-state index contributed by atoms with van der Waals surface area (Å²) in [4.78, 5) is 20.8. The minimum atomic E-state index is 0.132. The number of pyridine rings is 1. The minimum absolute atomic E-state index is 0.132. The Hall–Kier alpha value is -2.21. The van der Waals surface area contributed by atoms with Gasteiger partial charge in [0.25, 0.3) is 0 Å². The van der Waals surface area contributed by atoms with E-state index in [1.807, 2.05) is 41.9 Å². The van der Waals surface area contributed by atoms with Crippen molar-refractivity contribution >= 4 is 5.91 Å². The molecule has 1 aliphatic heterocycles. The molecule has 3 rings (SSSR count). The number of aromatic nitrogens is 3. The number of hydrogen-bond acceptors (Lipinski definition) is 4. The fourth-order valence-corrected chi connectivity index (χ4v) is 3.66. The highest BCUT2D eigenvalue weighted by Crippen LogP contribution is 2.20. The van der Waals surface area contributed by atoms with Gasteiger partial charge in [0.05, 0.1) is 11.4 Å². The average molecular weight is 341 g/mol. The van der Waals surface area contributed by atoms with Crippen LogP contribution in [0.15, 0.2) is 30.6 Å². The van der Waals surface area contributed by atoms with Crippen LogP contribution < -0.4 is 0 Å². The number of carbonyl (C=O) groups excluding carboxylic acids is 1. The molecule has 25 heavy (non-hydrogen) atoms. The number of carbonyl (C=O) groups is 1. The Labute approximate surface area is 149 Å². The van der Waals surface area contributed by atoms with Crippen LogP contribution in [0.1, 0.15) is 36.7 Å². The van der Waals surface area contributed by atoms with Gasteiger partial charge in [-0.15, -0.1) is 0 Å². The standard InChI is InChI=1S/C19H27N5O/c1-15-10-19(22(3)21-15)14-23-9-5-7-18(13-23)24(16(2)25)12-17-6-4-8-20-11-17/h4,6,8,10-11,18H,5,7,9,12-14H2,1-3H3/t18-/m0/s1. The van der Waals surface area contributed by atoms with Crippen molar-refractivity contribution in [2.24, 2.45) is 7.05 Å². The Bertz CT molecular complexity index is 712. The van der Waals surface area contributed by atoms with Crippen LogP contribution in [-0.4, -0.2) is 49.6 Å². The molecule has 1 fully saturated rings. The zero-order valence-electron chi connectivity index (χ0n) is 15.4. The summed E-state index contributed by atoms with van der Waals surface area (Å²) in [6.07, 6.45) is 5.77. The molecule has 0 aliphatic carbocycles. The van der Waals surface area contributed by atoms with Gasteiger partial charge in [0.2, 0.25) is 5.91 Å². The summed E-state index contributed by atoms with van der Waals surface area (Å²) < 4.78 is 1.96. The Morgan fingerprint density at radius 3 is 2.92 bits per heavy atom. The molecule has 0 radical (unpaired) electrons. The molecule has 6 nitrogen and oxygen atoms in total. The second-order valence-corrected chi connectivity index (χ2v) is 6.94. The molecule has 1 atom stereocenters. The van der Waals surface area contributed by atoms with Crippen LogP contribution in [0, 0.1) is 6.92 Å². The van der Waals surface area contributed by atoms with Crippen molar-refractivity contribution in [3.63, 3.8) is 0 Å². The maximum Gasteiger partial charge on any atom is 0.220 e. The zero-order valence-corrected chi connectivity index (χ0v) is 15.4. The normalized spacial score (nSPS) is 18.3. The molecule has 0 aromatic carbocycles. The third kappa shape index (κ3) is 4.45. The van der Waals surface area contributed by atoms with Gasteiger partial charge in [-0.05, 0) is 44.0 Å². The number of aryl methyl sites for hydroxylation is 2. The van der Waals surface area contributed by atoms with E-state index in [-0.39, 0.29) is 11.9 Å². The van der Waals surface area contributed by atoms with Crippen LogP contribution in [0.3, 0.4) is 0 Å². The van der Waals surface area contributed by atoms with Crippen LogP contribution in [0.2, 0.25) is 0 Å². The van der Waals surface area contributed by atoms with Crippen LogP contribution >= 0.6 is 0 Å². The summed E-state index contributed by atoms with van der Waals surface area (Å²) in [6.45, 7) is 7.18. The highest BCUT2D eigenvalue weighted by atomic mass is 16.2. The van der Waals surface area contributed by atoms with E-state index in [0.717, 1.165) is 43.7 Å². The minimum Gasteiger partial charge on any atom is -0.334 e. The molecule has 0 unspecified atom stereocenters. The first-order valence-corrected chi connectivity index (χ1v) is 8.91. The summed E-state index contributed by atoms with van der Waals surface area (Å²) >= 11 is 0. The van der Waals surface area contributed by atoms with Crippen LogP contribution in [0.5, 0.6) is 0 Å². The summed E-state index contributed by atoms with van der Waals surface area (Å²) in [6, 6.07) is 6.34. The molecule has 0 spiro atoms. The number of likely N-dealkylation sites (tertiary alicyclic amines) is 1. The summed E-state index contributed by atoms with van der Waals surface area (Å²) in [5.41, 5.74) is 3.35. The topological polar surface area (TPSA) is 54.3 Å². The smallest absolute Gasteiger partial charge is 0.220 e. The van der Waals surface area contributed by atoms with Gasteiger partial charge < -0.3 is 4.90 Å². The largest absolute Gasteiger partial charge is 0.334 e. The first-order valence-electron chi connectivity index (χ1n) is 8.91. The number of piperidine rings is 1. The van der Waals surface area contributed by atoms with E-state index in [9.17, 15) is 4.79 Å². The monoisotopic (exact) mass is 341 g/mol. The van der Waals surface area contributed by atoms with E-state index in [0.29, 0.717) is 6.54 Å². The van der Waals surface area contributed by atoms with E-state index < -0.39 is 0 Å². The molecule has 2 aromatic heterocycles. The lowest BCUT2D eigenvalue weighted by Gasteiger charge is -2.39. The van der Waals surface area contributed by atoms with Gasteiger partial charge in [-0.1, -0.05) is 6.07 Å². The van der Waals surface area contributed by atoms with Crippen molar-refractivity contribution in [1.82, 2.24) is 24.6 Å². The molecule has 0 N–H and O–H groups in total. The van der Waals surface area contributed by atoms with Crippen LogP contribution in [-0.2, 0) is 24.9 Å². The SMILES string of the molecule is CC(=O)N(Cc1cccnc1)[C@H]1CCCN(Cc2cc(C)nn2C)C1. The number of hydrogen-bond donors (Lipinski definition) is 0. The molecule has 3 heterocycles. The molecule has 1 saturated heterocycles. The Morgan fingerprint density at radius 1 is 1.44 bits per heavy atom. The van der Waals surface area contributed by atoms with Crippen molar-refractivity contribution in [3.8, 4) is 0 Å². The van der Waals surface area contributed by atoms with E-state index >= 15 is 0 Å². The molecule has 0 bridgehead atoms. The third-order valence-corrected chi connectivity index (χ3v) is 4.89. The van der Waals surface area contributed by atoms with Crippen molar-refractivity contribution in [2.75, 3.05) is 13.1 Å². The summed E-state index contributed by atoms with van der Waals surface area (Å²) in [7, 11) is 1.99. The van der Waals surface area contributed by atoms with Gasteiger partial charge in [-0.3, -0.25) is 19.4 Å². The second-order valence-electron chi connectivity index (χ2n) is 6.94. The predicted octanol–water partition coefficient (Wildman–Crippen LogP) is 2.14. The molecule has 1 amide bonds. The van der Waals surface area contributed by atoms with Gasteiger partial charge in [-0.25, -0.2) is 0 Å². The molecular formula is C19H27N5O. The van der Waals surface area contributed by atoms with E-state index in [4.69, 9.17) is 0 Å². The molecule has 1 aliphatic rings. The maximum atomic E-state index is 12.2. The van der Waals surface area contributed by atoms with Crippen LogP contribution in [0.4, 0.5) is 0 Å². The predicted molar refractivity (Wildman–Crippen MR) is 96.7 cm³/mol. The van der Waals surface area contributed by atoms with Crippen molar-refractivity contribution in [1.29, 1.82) is 0 Å². The van der Waals surface area contributed by atoms with Gasteiger partial charge >= 0.3 is 0 Å². The van der Waals surface area contributed by atoms with Crippen molar-refractivity contribution < 1.29 is 4.79 Å². The Morgan fingerprint density at radius 2 is 2.28 bits per heavy atom. The van der Waals surface area contributed by atoms with Gasteiger partial charge in [0, 0.05) is 52.0 Å². The van der Waals surface area contributed by atoms with Crippen molar-refractivity contribution in [3.05, 3.63) is 47.5 Å². The van der Waals surface area contributed by atoms with Gasteiger partial charge in [0.1, 0.15) is 0 Å². The molecule has 134 valence electrons. The van der Waals surface area contributed by atoms with E-state index in [2.05, 4.69) is 21.0 Å². The van der Waals surface area contributed by atoms with E-state index in [1.165, 1.54) is 5.69 Å². The lowest BCUT2D eigenvalue weighted by Crippen LogP contribution is -2.49. The first-order chi connectivity index (χ1) is 12.0. The zero-order chi connectivity index (χ0) is 17.8. The second kappa shape index (κ2) is 7.78. The summed E-state index contributed by atoms with van der Waals surface area (Å²) in [5, 5.41) is 4.43. The molecule has 2 aromatic rings. The lowest BCUT2D eigenvalue weighted by molar-refractivity contribution is -0.133. The van der Waals surface area contributed by atoms with Gasteiger partial charge in [0.15, 0.2) is 0 Å². The molecule has 6 heteroatoms. The third-order valence-electron chi connectivity index (χ3n) is 4.89. The first kappa shape index (κ1) is 17.6. The average Bonchev–Trinajstić information content (AvgIpc) is 2.91. The molecule has 0 saturated carbocycles. The summed E-state index contributed by atoms with van der Waals surface area (Å²) in [5.74, 6) is 0.132. The van der Waals surface area contributed by atoms with Gasteiger partial charge in [-0.2, -0.15) is 5.10 Å². The highest BCUT2D eigenvalue weighted by molar-refractivity contribution is 5.73. The fraction of sp³-hybridized carbons (Fsp3) is 0.526. The number of amides is 1. The number of nitrogens with zero attached hydrogens (tertiary/aromatic N) is 5. The number of rotatable bonds is 5. The Kier molecular flexibility index (Phi) is 5.48. The lowest BCUT2D eigenvalue weighted by atomic mass is 10.0. The maximum absolute atomic E-state index is 12.2. The Balaban J connectivity index is 1.67. The quantitative estimate of drug-likeness (QED) is 0.836. The molecular weight excluding hydrogens is 314 g/mol. The van der Waals surface area contributed by atoms with Crippen LogP contribution in [0.25, 0.3) is 0 Å².